The Morgan fingerprint density at radius 1 is 1.67 bits per heavy atom. The van der Waals surface area contributed by atoms with E-state index in [9.17, 15) is 0 Å². The summed E-state index contributed by atoms with van der Waals surface area (Å²) in [6.45, 7) is 4.96. The van der Waals surface area contributed by atoms with E-state index in [1.807, 2.05) is 11.6 Å². The maximum atomic E-state index is 4.00. The van der Waals surface area contributed by atoms with E-state index >= 15 is 0 Å². The largest absolute Gasteiger partial charge is 0.232 e. The molecule has 3 heteroatoms. The molecule has 3 nitrogen and oxygen atoms in total. The second-order valence-electron chi connectivity index (χ2n) is 1.87. The van der Waals surface area contributed by atoms with Gasteiger partial charge in [0.1, 0.15) is 0 Å². The molecule has 0 aromatic carbocycles. The lowest BCUT2D eigenvalue weighted by molar-refractivity contribution is -0.756. The average molecular weight is 124 g/mol. The minimum absolute atomic E-state index is 0.911. The van der Waals surface area contributed by atoms with Crippen LogP contribution in [0.5, 0.6) is 0 Å². The van der Waals surface area contributed by atoms with Crippen LogP contribution in [0.15, 0.2) is 12.5 Å². The maximum Gasteiger partial charge on any atom is 0.223 e. The first-order chi connectivity index (χ1) is 4.34. The fourth-order valence-corrected chi connectivity index (χ4v) is 0.722. The van der Waals surface area contributed by atoms with Crippen LogP contribution < -0.4 is 4.68 Å². The molecule has 0 fully saturated rings. The van der Waals surface area contributed by atoms with Crippen molar-refractivity contribution in [3.63, 3.8) is 0 Å². The number of hydrogen-bond acceptors (Lipinski definition) is 2. The molecule has 0 spiro atoms. The Balaban J connectivity index is 3.01. The van der Waals surface area contributed by atoms with Crippen molar-refractivity contribution in [3.8, 4) is 0 Å². The fourth-order valence-electron chi connectivity index (χ4n) is 0.722. The third kappa shape index (κ3) is 1.22. The molecule has 1 heterocycles. The van der Waals surface area contributed by atoms with E-state index in [4.69, 9.17) is 0 Å². The van der Waals surface area contributed by atoms with Gasteiger partial charge in [-0.15, -0.1) is 0 Å². The van der Waals surface area contributed by atoms with Crippen LogP contribution in [0.2, 0.25) is 0 Å². The first-order valence-electron chi connectivity index (χ1n) is 3.01. The molecule has 0 radical (unpaired) electrons. The van der Waals surface area contributed by atoms with E-state index in [1.54, 1.807) is 12.5 Å². The van der Waals surface area contributed by atoms with Gasteiger partial charge in [-0.3, -0.25) is 0 Å². The van der Waals surface area contributed by atoms with Crippen LogP contribution in [-0.2, 0) is 6.54 Å². The molecule has 0 atom stereocenters. The summed E-state index contributed by atoms with van der Waals surface area (Å²) >= 11 is 0. The van der Waals surface area contributed by atoms with Gasteiger partial charge in [0.2, 0.25) is 5.69 Å². The molecular weight excluding hydrogens is 114 g/mol. The molecule has 0 N–H and O–H groups in total. The van der Waals surface area contributed by atoms with Gasteiger partial charge in [0.25, 0.3) is 0 Å². The van der Waals surface area contributed by atoms with Gasteiger partial charge in [-0.1, -0.05) is 4.68 Å². The predicted octanol–water partition coefficient (Wildman–Crippen LogP) is 0.0924. The molecule has 0 aliphatic carbocycles. The van der Waals surface area contributed by atoms with Crippen molar-refractivity contribution in [2.24, 2.45) is 0 Å². The first-order valence-corrected chi connectivity index (χ1v) is 3.01. The zero-order chi connectivity index (χ0) is 6.69. The molecule has 0 bridgehead atoms. The molecule has 0 aliphatic rings. The summed E-state index contributed by atoms with van der Waals surface area (Å²) in [5.41, 5.74) is 1.10. The van der Waals surface area contributed by atoms with Gasteiger partial charge in [0.15, 0.2) is 12.9 Å². The van der Waals surface area contributed by atoms with Crippen molar-refractivity contribution < 1.29 is 4.68 Å². The predicted molar refractivity (Wildman–Crippen MR) is 32.6 cm³/mol. The fraction of sp³-hybridized carbons (Fsp3) is 0.500. The number of aromatic nitrogens is 3. The lowest BCUT2D eigenvalue weighted by Gasteiger charge is -1.88. The van der Waals surface area contributed by atoms with E-state index in [0.717, 1.165) is 12.2 Å². The Labute approximate surface area is 54.4 Å². The molecule has 1 aromatic heterocycles. The van der Waals surface area contributed by atoms with E-state index in [0.29, 0.717) is 0 Å². The normalized spacial score (nSPS) is 9.56. The number of nitrogens with zero attached hydrogens (tertiary/aromatic N) is 3. The highest BCUT2D eigenvalue weighted by Gasteiger charge is 2.00. The molecule has 1 rings (SSSR count). The summed E-state index contributed by atoms with van der Waals surface area (Å²) in [5, 5.41) is 4.00. The van der Waals surface area contributed by atoms with Crippen molar-refractivity contribution in [1.82, 2.24) is 10.1 Å². The summed E-state index contributed by atoms with van der Waals surface area (Å²) in [6, 6.07) is 0. The Morgan fingerprint density at radius 3 is 2.89 bits per heavy atom. The standard InChI is InChI=1S/C6H10N3/c1-3-9-6(2)4-7-5-8-9/h4-5H,3H2,1-2H3/q+1. The topological polar surface area (TPSA) is 29.7 Å². The summed E-state index contributed by atoms with van der Waals surface area (Å²) in [5.74, 6) is 0. The minimum Gasteiger partial charge on any atom is -0.232 e. The van der Waals surface area contributed by atoms with Crippen molar-refractivity contribution in [2.75, 3.05) is 0 Å². The Hall–Kier alpha value is -0.990. The molecule has 0 saturated heterocycles. The first kappa shape index (κ1) is 6.13. The van der Waals surface area contributed by atoms with Crippen LogP contribution in [0, 0.1) is 6.92 Å². The van der Waals surface area contributed by atoms with Crippen LogP contribution >= 0.6 is 0 Å². The summed E-state index contributed by atoms with van der Waals surface area (Å²) in [6.07, 6.45) is 3.35. The zero-order valence-electron chi connectivity index (χ0n) is 5.70. The second kappa shape index (κ2) is 2.53. The van der Waals surface area contributed by atoms with Crippen LogP contribution in [0.25, 0.3) is 0 Å². The van der Waals surface area contributed by atoms with Gasteiger partial charge >= 0.3 is 0 Å². The smallest absolute Gasteiger partial charge is 0.223 e. The number of aryl methyl sites for hydroxylation is 2. The van der Waals surface area contributed by atoms with Crippen LogP contribution in [0.4, 0.5) is 0 Å². The highest BCUT2D eigenvalue weighted by atomic mass is 15.3. The van der Waals surface area contributed by atoms with Crippen molar-refractivity contribution in [2.45, 2.75) is 20.4 Å². The zero-order valence-corrected chi connectivity index (χ0v) is 5.70. The number of rotatable bonds is 1. The second-order valence-corrected chi connectivity index (χ2v) is 1.87. The molecule has 9 heavy (non-hydrogen) atoms. The van der Waals surface area contributed by atoms with Gasteiger partial charge in [0, 0.05) is 12.0 Å². The van der Waals surface area contributed by atoms with Gasteiger partial charge in [-0.05, 0) is 6.92 Å². The Bertz CT molecular complexity index is 197. The van der Waals surface area contributed by atoms with E-state index in [-0.39, 0.29) is 0 Å². The van der Waals surface area contributed by atoms with Gasteiger partial charge in [-0.25, -0.2) is 4.98 Å². The molecule has 0 saturated carbocycles. The van der Waals surface area contributed by atoms with Crippen molar-refractivity contribution in [1.29, 1.82) is 0 Å². The van der Waals surface area contributed by atoms with Crippen molar-refractivity contribution in [3.05, 3.63) is 18.2 Å². The highest BCUT2D eigenvalue weighted by Crippen LogP contribution is 1.78. The molecule has 0 amide bonds. The molecule has 0 unspecified atom stereocenters. The lowest BCUT2D eigenvalue weighted by Crippen LogP contribution is -2.39. The van der Waals surface area contributed by atoms with E-state index in [2.05, 4.69) is 17.0 Å². The van der Waals surface area contributed by atoms with E-state index < -0.39 is 0 Å². The average Bonchev–Trinajstić information content (AvgIpc) is 1.89. The summed E-state index contributed by atoms with van der Waals surface area (Å²) in [7, 11) is 0. The summed E-state index contributed by atoms with van der Waals surface area (Å²) in [4.78, 5) is 3.86. The van der Waals surface area contributed by atoms with Crippen molar-refractivity contribution >= 4 is 0 Å². The Morgan fingerprint density at radius 2 is 2.44 bits per heavy atom. The lowest BCUT2D eigenvalue weighted by atomic mass is 10.5. The highest BCUT2D eigenvalue weighted by molar-refractivity contribution is 4.76. The molecule has 0 aliphatic heterocycles. The Kier molecular flexibility index (Phi) is 1.72. The minimum atomic E-state index is 0.911. The SMILES string of the molecule is CC[n+]1ncncc1C. The van der Waals surface area contributed by atoms with Gasteiger partial charge in [-0.2, -0.15) is 0 Å². The number of hydrogen-bond donors (Lipinski definition) is 0. The third-order valence-electron chi connectivity index (χ3n) is 1.23. The third-order valence-corrected chi connectivity index (χ3v) is 1.23. The maximum absolute atomic E-state index is 4.00. The van der Waals surface area contributed by atoms with Crippen LogP contribution in [-0.4, -0.2) is 10.1 Å². The monoisotopic (exact) mass is 124 g/mol. The molecule has 1 aromatic rings. The molecule has 48 valence electrons. The van der Waals surface area contributed by atoms with Crippen LogP contribution in [0.3, 0.4) is 0 Å². The van der Waals surface area contributed by atoms with Gasteiger partial charge < -0.3 is 0 Å². The van der Waals surface area contributed by atoms with Crippen LogP contribution in [0.1, 0.15) is 12.6 Å². The molecular formula is C6H10N3+. The quantitative estimate of drug-likeness (QED) is 0.497. The summed E-state index contributed by atoms with van der Waals surface area (Å²) < 4.78 is 1.90. The van der Waals surface area contributed by atoms with E-state index in [1.165, 1.54) is 0 Å². The van der Waals surface area contributed by atoms with Gasteiger partial charge in [0.05, 0.1) is 6.20 Å².